The molecule has 7 nitrogen and oxygen atoms in total. The average Bonchev–Trinajstić information content (AvgIpc) is 2.72. The van der Waals surface area contributed by atoms with Gasteiger partial charge in [-0.3, -0.25) is 9.59 Å². The molecule has 1 atom stereocenters. The number of methoxy groups -OCH3 is 3. The van der Waals surface area contributed by atoms with Crippen LogP contribution in [-0.4, -0.2) is 39.3 Å². The Morgan fingerprint density at radius 1 is 0.929 bits per heavy atom. The van der Waals surface area contributed by atoms with Crippen molar-refractivity contribution in [1.29, 1.82) is 0 Å². The maximum atomic E-state index is 12.3. The third-order valence-corrected chi connectivity index (χ3v) is 4.11. The van der Waals surface area contributed by atoms with Crippen molar-refractivity contribution in [2.24, 2.45) is 0 Å². The van der Waals surface area contributed by atoms with E-state index < -0.39 is 18.0 Å². The van der Waals surface area contributed by atoms with Gasteiger partial charge >= 0.3 is 5.97 Å². The Morgan fingerprint density at radius 2 is 1.61 bits per heavy atom. The zero-order chi connectivity index (χ0) is 20.5. The first-order valence-corrected chi connectivity index (χ1v) is 8.82. The van der Waals surface area contributed by atoms with Gasteiger partial charge in [0.2, 0.25) is 0 Å². The Kier molecular flexibility index (Phi) is 7.68. The second-order valence-electron chi connectivity index (χ2n) is 6.01. The summed E-state index contributed by atoms with van der Waals surface area (Å²) in [5.74, 6) is 0.859. The second kappa shape index (κ2) is 10.2. The molecule has 0 saturated carbocycles. The fourth-order valence-corrected chi connectivity index (χ4v) is 2.57. The van der Waals surface area contributed by atoms with Crippen LogP contribution in [0.4, 0.5) is 5.69 Å². The Bertz CT molecular complexity index is 820. The molecule has 0 spiro atoms. The highest BCUT2D eigenvalue weighted by Crippen LogP contribution is 2.28. The lowest BCUT2D eigenvalue weighted by Crippen LogP contribution is -2.30. The van der Waals surface area contributed by atoms with Crippen molar-refractivity contribution in [3.05, 3.63) is 48.0 Å². The molecule has 1 N–H and O–H groups in total. The maximum Gasteiger partial charge on any atom is 0.306 e. The van der Waals surface area contributed by atoms with E-state index >= 15 is 0 Å². The summed E-state index contributed by atoms with van der Waals surface area (Å²) in [6, 6.07) is 12.5. The van der Waals surface area contributed by atoms with E-state index in [0.29, 0.717) is 29.4 Å². The Balaban J connectivity index is 1.87. The number of nitrogens with one attached hydrogen (secondary N) is 1. The number of hydrogen-bond donors (Lipinski definition) is 1. The zero-order valence-corrected chi connectivity index (χ0v) is 16.5. The number of rotatable bonds is 9. The van der Waals surface area contributed by atoms with E-state index in [4.69, 9.17) is 18.9 Å². The molecule has 0 aliphatic heterocycles. The fraction of sp³-hybridized carbons (Fsp3) is 0.333. The van der Waals surface area contributed by atoms with E-state index in [9.17, 15) is 9.59 Å². The van der Waals surface area contributed by atoms with Gasteiger partial charge in [-0.05, 0) is 43.2 Å². The molecule has 150 valence electrons. The molecule has 0 aliphatic carbocycles. The average molecular weight is 387 g/mol. The van der Waals surface area contributed by atoms with Crippen molar-refractivity contribution in [3.8, 4) is 17.2 Å². The summed E-state index contributed by atoms with van der Waals surface area (Å²) in [4.78, 5) is 24.4. The van der Waals surface area contributed by atoms with Crippen LogP contribution in [0.15, 0.2) is 42.5 Å². The number of hydrogen-bond acceptors (Lipinski definition) is 6. The first-order valence-electron chi connectivity index (χ1n) is 8.82. The van der Waals surface area contributed by atoms with Crippen molar-refractivity contribution in [3.63, 3.8) is 0 Å². The van der Waals surface area contributed by atoms with E-state index in [1.165, 1.54) is 14.0 Å². The third kappa shape index (κ3) is 5.64. The summed E-state index contributed by atoms with van der Waals surface area (Å²) in [7, 11) is 4.63. The minimum atomic E-state index is -0.928. The van der Waals surface area contributed by atoms with Gasteiger partial charge in [-0.1, -0.05) is 18.2 Å². The lowest BCUT2D eigenvalue weighted by atomic mass is 10.1. The van der Waals surface area contributed by atoms with E-state index in [1.54, 1.807) is 44.6 Å². The van der Waals surface area contributed by atoms with Gasteiger partial charge in [0.05, 0.1) is 27.0 Å². The third-order valence-electron chi connectivity index (χ3n) is 4.11. The highest BCUT2D eigenvalue weighted by Gasteiger charge is 2.19. The van der Waals surface area contributed by atoms with Crippen molar-refractivity contribution in [2.45, 2.75) is 25.9 Å². The summed E-state index contributed by atoms with van der Waals surface area (Å²) in [6.45, 7) is 1.53. The van der Waals surface area contributed by atoms with Crippen LogP contribution in [0.2, 0.25) is 0 Å². The Morgan fingerprint density at radius 3 is 2.29 bits per heavy atom. The number of esters is 1. The van der Waals surface area contributed by atoms with Gasteiger partial charge in [-0.15, -0.1) is 0 Å². The highest BCUT2D eigenvalue weighted by molar-refractivity contribution is 5.96. The van der Waals surface area contributed by atoms with Gasteiger partial charge in [0.1, 0.15) is 5.75 Å². The summed E-state index contributed by atoms with van der Waals surface area (Å²) in [5, 5.41) is 2.70. The van der Waals surface area contributed by atoms with Crippen LogP contribution in [0.5, 0.6) is 17.2 Å². The highest BCUT2D eigenvalue weighted by atomic mass is 16.5. The van der Waals surface area contributed by atoms with Crippen molar-refractivity contribution in [2.75, 3.05) is 26.6 Å². The van der Waals surface area contributed by atoms with Crippen LogP contribution in [0, 0.1) is 0 Å². The van der Waals surface area contributed by atoms with Crippen LogP contribution in [0.3, 0.4) is 0 Å². The first kappa shape index (κ1) is 21.1. The monoisotopic (exact) mass is 387 g/mol. The van der Waals surface area contributed by atoms with Crippen LogP contribution in [0.25, 0.3) is 0 Å². The lowest BCUT2D eigenvalue weighted by molar-refractivity contribution is -0.153. The molecule has 2 aromatic carbocycles. The van der Waals surface area contributed by atoms with Crippen molar-refractivity contribution < 1.29 is 28.5 Å². The van der Waals surface area contributed by atoms with E-state index in [2.05, 4.69) is 5.32 Å². The molecule has 0 radical (unpaired) electrons. The number of carbonyl (C=O) groups excluding carboxylic acids is 2. The molecule has 28 heavy (non-hydrogen) atoms. The molecule has 2 rings (SSSR count). The Labute approximate surface area is 164 Å². The number of amides is 1. The van der Waals surface area contributed by atoms with E-state index in [0.717, 1.165) is 5.56 Å². The molecule has 7 heteroatoms. The molecule has 0 unspecified atom stereocenters. The van der Waals surface area contributed by atoms with Crippen molar-refractivity contribution >= 4 is 17.6 Å². The van der Waals surface area contributed by atoms with E-state index in [-0.39, 0.29) is 6.42 Å². The number of aryl methyl sites for hydroxylation is 1. The molecular weight excluding hydrogens is 362 g/mol. The number of benzene rings is 2. The predicted octanol–water partition coefficient (Wildman–Crippen LogP) is 3.22. The Hall–Kier alpha value is -3.22. The number of ether oxygens (including phenoxy) is 4. The minimum absolute atomic E-state index is 0.141. The lowest BCUT2D eigenvalue weighted by Gasteiger charge is -2.15. The number of carbonyl (C=O) groups is 2. The fourth-order valence-electron chi connectivity index (χ4n) is 2.57. The topological polar surface area (TPSA) is 83.1 Å². The molecular formula is C21H25NO6. The minimum Gasteiger partial charge on any atom is -0.495 e. The van der Waals surface area contributed by atoms with Crippen molar-refractivity contribution in [1.82, 2.24) is 0 Å². The first-order chi connectivity index (χ1) is 13.5. The standard InChI is InChI=1S/C21H25NO6/c1-14(21(24)22-16-7-5-6-8-17(16)25-2)28-20(23)12-10-15-9-11-18(26-3)19(13-15)27-4/h5-9,11,13-14H,10,12H2,1-4H3,(H,22,24)/t14-/m1/s1. The van der Waals surface area contributed by atoms with E-state index in [1.807, 2.05) is 12.1 Å². The van der Waals surface area contributed by atoms with Gasteiger partial charge < -0.3 is 24.3 Å². The molecule has 0 heterocycles. The molecule has 2 aromatic rings. The van der Waals surface area contributed by atoms with Crippen LogP contribution in [0.1, 0.15) is 18.9 Å². The second-order valence-corrected chi connectivity index (χ2v) is 6.01. The van der Waals surface area contributed by atoms with Gasteiger partial charge in [0.15, 0.2) is 17.6 Å². The largest absolute Gasteiger partial charge is 0.495 e. The van der Waals surface area contributed by atoms with Gasteiger partial charge in [-0.25, -0.2) is 0 Å². The summed E-state index contributed by atoms with van der Waals surface area (Å²) >= 11 is 0. The number of para-hydroxylation sites is 2. The summed E-state index contributed by atoms with van der Waals surface area (Å²) in [6.07, 6.45) is -0.329. The number of anilines is 1. The normalized spacial score (nSPS) is 11.3. The quantitative estimate of drug-likeness (QED) is 0.665. The smallest absolute Gasteiger partial charge is 0.306 e. The molecule has 0 fully saturated rings. The maximum absolute atomic E-state index is 12.3. The summed E-state index contributed by atoms with van der Waals surface area (Å²) in [5.41, 5.74) is 1.42. The molecule has 0 bridgehead atoms. The van der Waals surface area contributed by atoms with Gasteiger partial charge in [0.25, 0.3) is 5.91 Å². The van der Waals surface area contributed by atoms with Crippen LogP contribution < -0.4 is 19.5 Å². The zero-order valence-electron chi connectivity index (χ0n) is 16.5. The SMILES string of the molecule is COc1ccccc1NC(=O)[C@@H](C)OC(=O)CCc1ccc(OC)c(OC)c1. The van der Waals surface area contributed by atoms with Crippen LogP contribution >= 0.6 is 0 Å². The predicted molar refractivity (Wildman–Crippen MR) is 105 cm³/mol. The molecule has 0 saturated heterocycles. The summed E-state index contributed by atoms with van der Waals surface area (Å²) < 4.78 is 20.9. The van der Waals surface area contributed by atoms with Crippen LogP contribution in [-0.2, 0) is 20.7 Å². The molecule has 1 amide bonds. The molecule has 0 aromatic heterocycles. The van der Waals surface area contributed by atoms with Gasteiger partial charge in [0, 0.05) is 6.42 Å². The molecule has 0 aliphatic rings. The van der Waals surface area contributed by atoms with Gasteiger partial charge in [-0.2, -0.15) is 0 Å².